The van der Waals surface area contributed by atoms with Gasteiger partial charge in [0.05, 0.1) is 31.7 Å². The van der Waals surface area contributed by atoms with Gasteiger partial charge in [-0.2, -0.15) is 0 Å². The molecule has 0 spiro atoms. The second kappa shape index (κ2) is 15.3. The van der Waals surface area contributed by atoms with Gasteiger partial charge in [-0.25, -0.2) is 26.4 Å². The minimum Gasteiger partial charge on any atom is -0.748 e. The smallest absolute Gasteiger partial charge is 0.748 e. The molecule has 2 atom stereocenters. The second-order valence-corrected chi connectivity index (χ2v) is 8.41. The Balaban J connectivity index is -0.000000451. The zero-order valence-corrected chi connectivity index (χ0v) is 19.7. The number of rotatable bonds is 10. The van der Waals surface area contributed by atoms with Gasteiger partial charge in [0.25, 0.3) is 0 Å². The Kier molecular flexibility index (Phi) is 17.4. The van der Waals surface area contributed by atoms with Gasteiger partial charge in [-0.3, -0.25) is 0 Å². The van der Waals surface area contributed by atoms with Crippen molar-refractivity contribution in [3.63, 3.8) is 0 Å². The summed E-state index contributed by atoms with van der Waals surface area (Å²) in [5.41, 5.74) is 0.254. The zero-order chi connectivity index (χ0) is 22.7. The van der Waals surface area contributed by atoms with Crippen molar-refractivity contribution in [3.05, 3.63) is 24.3 Å². The number of ether oxygens (including phenoxy) is 2. The SMILES string of the molecule is C=C(C)C(=O)OCC(O)CS(=O)(=O)[O-].C=C(C)C(=O)OCC(O)CS(=O)(=O)[O-].[Ca+2]. The minimum atomic E-state index is -4.51. The van der Waals surface area contributed by atoms with Crippen molar-refractivity contribution in [3.8, 4) is 0 Å². The Morgan fingerprint density at radius 2 is 1.07 bits per heavy atom. The van der Waals surface area contributed by atoms with Crippen LogP contribution in [0.4, 0.5) is 0 Å². The molecule has 0 bridgehead atoms. The van der Waals surface area contributed by atoms with Crippen molar-refractivity contribution >= 4 is 69.9 Å². The van der Waals surface area contributed by atoms with Crippen LogP contribution in [0.3, 0.4) is 0 Å². The Bertz CT molecular complexity index is 706. The summed E-state index contributed by atoms with van der Waals surface area (Å²) < 4.78 is 69.7. The van der Waals surface area contributed by atoms with Crippen molar-refractivity contribution in [1.82, 2.24) is 0 Å². The molecule has 0 aliphatic heterocycles. The number of aliphatic hydroxyl groups is 2. The summed E-state index contributed by atoms with van der Waals surface area (Å²) in [6, 6.07) is 0. The maximum Gasteiger partial charge on any atom is 2.00 e. The van der Waals surface area contributed by atoms with E-state index in [0.717, 1.165) is 0 Å². The van der Waals surface area contributed by atoms with Crippen molar-refractivity contribution < 1.29 is 55.2 Å². The van der Waals surface area contributed by atoms with E-state index in [2.05, 4.69) is 22.6 Å². The molecule has 0 saturated heterocycles. The first-order valence-electron chi connectivity index (χ1n) is 7.33. The number of esters is 2. The zero-order valence-electron chi connectivity index (χ0n) is 15.9. The Labute approximate surface area is 199 Å². The molecule has 164 valence electrons. The molecule has 0 heterocycles. The fourth-order valence-electron chi connectivity index (χ4n) is 1.16. The van der Waals surface area contributed by atoms with Gasteiger partial charge in [0.1, 0.15) is 25.4 Å². The van der Waals surface area contributed by atoms with Crippen LogP contribution in [-0.2, 0) is 39.3 Å². The molecule has 0 aromatic rings. The predicted octanol–water partition coefficient (Wildman–Crippen LogP) is -2.36. The summed E-state index contributed by atoms with van der Waals surface area (Å²) in [7, 11) is -9.01. The van der Waals surface area contributed by atoms with Gasteiger partial charge in [-0.1, -0.05) is 13.2 Å². The molecule has 0 aromatic heterocycles. The maximum absolute atomic E-state index is 10.8. The van der Waals surface area contributed by atoms with Crippen molar-refractivity contribution in [1.29, 1.82) is 0 Å². The van der Waals surface area contributed by atoms with E-state index in [1.54, 1.807) is 0 Å². The third kappa shape index (κ3) is 23.6. The Hall–Kier alpha value is -0.580. The largest absolute Gasteiger partial charge is 2.00 e. The molecule has 0 amide bonds. The second-order valence-electron chi connectivity index (χ2n) is 5.51. The summed E-state index contributed by atoms with van der Waals surface area (Å²) in [6.07, 6.45) is -3.00. The Morgan fingerprint density at radius 3 is 1.24 bits per heavy atom. The third-order valence-corrected chi connectivity index (χ3v) is 3.89. The minimum absolute atomic E-state index is 0. The van der Waals surface area contributed by atoms with Gasteiger partial charge in [-0.15, -0.1) is 0 Å². The number of aliphatic hydroxyl groups excluding tert-OH is 2. The van der Waals surface area contributed by atoms with Gasteiger partial charge in [0.2, 0.25) is 0 Å². The van der Waals surface area contributed by atoms with Gasteiger partial charge in [0, 0.05) is 11.1 Å². The number of hydrogen-bond donors (Lipinski definition) is 2. The predicted molar refractivity (Wildman–Crippen MR) is 98.4 cm³/mol. The first-order chi connectivity index (χ1) is 12.4. The molecule has 12 nitrogen and oxygen atoms in total. The quantitative estimate of drug-likeness (QED) is 0.144. The molecule has 0 saturated carbocycles. The first kappa shape index (κ1) is 33.1. The summed E-state index contributed by atoms with van der Waals surface area (Å²) in [5, 5.41) is 17.9. The van der Waals surface area contributed by atoms with Crippen LogP contribution in [0, 0.1) is 0 Å². The fourth-order valence-corrected chi connectivity index (χ4v) is 2.29. The van der Waals surface area contributed by atoms with Crippen LogP contribution in [0.25, 0.3) is 0 Å². The molecule has 0 rings (SSSR count). The monoisotopic (exact) mass is 486 g/mol. The molecule has 2 unspecified atom stereocenters. The normalized spacial score (nSPS) is 12.9. The molecule has 2 N–H and O–H groups in total. The molecular formula is C14H22CaO12S2. The average molecular weight is 487 g/mol. The van der Waals surface area contributed by atoms with E-state index in [1.807, 2.05) is 0 Å². The summed E-state index contributed by atoms with van der Waals surface area (Å²) in [5.74, 6) is -3.44. The third-order valence-electron chi connectivity index (χ3n) is 2.30. The van der Waals surface area contributed by atoms with Gasteiger partial charge in [0.15, 0.2) is 0 Å². The Morgan fingerprint density at radius 1 is 0.828 bits per heavy atom. The topological polar surface area (TPSA) is 207 Å². The summed E-state index contributed by atoms with van der Waals surface area (Å²) >= 11 is 0. The van der Waals surface area contributed by atoms with Crippen molar-refractivity contribution in [2.45, 2.75) is 26.1 Å². The van der Waals surface area contributed by atoms with Crippen LogP contribution < -0.4 is 0 Å². The van der Waals surface area contributed by atoms with Crippen LogP contribution in [-0.4, -0.2) is 123 Å². The molecule has 0 aliphatic carbocycles. The van der Waals surface area contributed by atoms with E-state index in [1.165, 1.54) is 13.8 Å². The van der Waals surface area contributed by atoms with E-state index in [0.29, 0.717) is 0 Å². The molecule has 0 radical (unpaired) electrons. The van der Waals surface area contributed by atoms with Crippen LogP contribution >= 0.6 is 0 Å². The van der Waals surface area contributed by atoms with Crippen LogP contribution in [0.1, 0.15) is 13.8 Å². The fraction of sp³-hybridized carbons (Fsp3) is 0.571. The molecular weight excluding hydrogens is 464 g/mol. The molecule has 15 heteroatoms. The van der Waals surface area contributed by atoms with E-state index in [9.17, 15) is 35.5 Å². The number of hydrogen-bond acceptors (Lipinski definition) is 12. The van der Waals surface area contributed by atoms with Crippen LogP contribution in [0.5, 0.6) is 0 Å². The van der Waals surface area contributed by atoms with Crippen molar-refractivity contribution in [2.75, 3.05) is 24.7 Å². The molecule has 0 fully saturated rings. The van der Waals surface area contributed by atoms with E-state index < -0.39 is 69.1 Å². The molecule has 0 aromatic carbocycles. The summed E-state index contributed by atoms with van der Waals surface area (Å²) in [4.78, 5) is 21.5. The standard InChI is InChI=1S/2C7H12O6S.Ca/c2*1-5(2)7(9)13-3-6(8)4-14(10,11)12;/h2*6,8H,1,3-4H2,2H3,(H,10,11,12);/q;;+2/p-2. The maximum atomic E-state index is 10.8. The summed E-state index contributed by atoms with van der Waals surface area (Å²) in [6.45, 7) is 8.28. The van der Waals surface area contributed by atoms with E-state index in [-0.39, 0.29) is 48.9 Å². The van der Waals surface area contributed by atoms with E-state index in [4.69, 9.17) is 10.2 Å². The molecule has 29 heavy (non-hydrogen) atoms. The molecule has 0 aliphatic rings. The number of carbonyl (C=O) groups is 2. The number of carbonyl (C=O) groups excluding carboxylic acids is 2. The van der Waals surface area contributed by atoms with Crippen LogP contribution in [0.15, 0.2) is 24.3 Å². The van der Waals surface area contributed by atoms with Crippen molar-refractivity contribution in [2.24, 2.45) is 0 Å². The van der Waals surface area contributed by atoms with E-state index >= 15 is 0 Å². The van der Waals surface area contributed by atoms with Gasteiger partial charge < -0.3 is 28.8 Å². The average Bonchev–Trinajstić information content (AvgIpc) is 2.47. The van der Waals surface area contributed by atoms with Gasteiger partial charge in [-0.05, 0) is 13.8 Å². The van der Waals surface area contributed by atoms with Gasteiger partial charge >= 0.3 is 49.7 Å². The first-order valence-corrected chi connectivity index (χ1v) is 10.5. The van der Waals surface area contributed by atoms with Crippen LogP contribution in [0.2, 0.25) is 0 Å².